The smallest absolute Gasteiger partial charge is 0.257 e. The highest BCUT2D eigenvalue weighted by atomic mass is 19.1. The van der Waals surface area contributed by atoms with E-state index in [1.165, 1.54) is 29.4 Å². The van der Waals surface area contributed by atoms with Gasteiger partial charge in [0.1, 0.15) is 18.2 Å². The molecule has 112 valence electrons. The zero-order valence-corrected chi connectivity index (χ0v) is 11.7. The van der Waals surface area contributed by atoms with Gasteiger partial charge in [0.15, 0.2) is 0 Å². The summed E-state index contributed by atoms with van der Waals surface area (Å²) in [5.74, 6) is -0.497. The first-order chi connectivity index (χ1) is 10.1. The standard InChI is InChI=1S/C15H17FN2O3/c1-18(9-11-4-6-20-10-11)15(19)13-8-12(16)2-3-14(13)21-7-5-17/h2-4,6,8,10H,5,7,9,17H2,1H3. The number of furan rings is 1. The first-order valence-electron chi connectivity index (χ1n) is 6.50. The highest BCUT2D eigenvalue weighted by molar-refractivity contribution is 5.96. The molecular formula is C15H17FN2O3. The molecule has 1 amide bonds. The second kappa shape index (κ2) is 6.90. The Morgan fingerprint density at radius 3 is 2.90 bits per heavy atom. The molecule has 2 aromatic rings. The van der Waals surface area contributed by atoms with E-state index < -0.39 is 5.82 Å². The van der Waals surface area contributed by atoms with Crippen molar-refractivity contribution >= 4 is 5.91 Å². The maximum atomic E-state index is 13.4. The normalized spacial score (nSPS) is 10.4. The molecule has 0 atom stereocenters. The molecule has 2 N–H and O–H groups in total. The van der Waals surface area contributed by atoms with Gasteiger partial charge in [0.2, 0.25) is 0 Å². The van der Waals surface area contributed by atoms with Gasteiger partial charge in [-0.3, -0.25) is 4.79 Å². The lowest BCUT2D eigenvalue weighted by Crippen LogP contribution is -2.27. The number of ether oxygens (including phenoxy) is 1. The molecule has 0 radical (unpaired) electrons. The van der Waals surface area contributed by atoms with Gasteiger partial charge in [-0.15, -0.1) is 0 Å². The molecule has 0 aliphatic carbocycles. The zero-order valence-electron chi connectivity index (χ0n) is 11.7. The third kappa shape index (κ3) is 3.82. The van der Waals surface area contributed by atoms with Crippen molar-refractivity contribution in [3.05, 3.63) is 53.7 Å². The number of carbonyl (C=O) groups is 1. The van der Waals surface area contributed by atoms with Crippen LogP contribution >= 0.6 is 0 Å². The molecule has 6 heteroatoms. The summed E-state index contributed by atoms with van der Waals surface area (Å²) < 4.78 is 23.8. The molecule has 5 nitrogen and oxygen atoms in total. The predicted octanol–water partition coefficient (Wildman–Crippen LogP) is 2.03. The number of nitrogens with two attached hydrogens (primary N) is 1. The number of hydrogen-bond acceptors (Lipinski definition) is 4. The molecule has 1 aromatic carbocycles. The maximum absolute atomic E-state index is 13.4. The molecule has 0 unspecified atom stereocenters. The van der Waals surface area contributed by atoms with Gasteiger partial charge in [-0.25, -0.2) is 4.39 Å². The van der Waals surface area contributed by atoms with E-state index in [1.807, 2.05) is 0 Å². The van der Waals surface area contributed by atoms with Crippen LogP contribution in [0.2, 0.25) is 0 Å². The van der Waals surface area contributed by atoms with Gasteiger partial charge in [0.05, 0.1) is 18.1 Å². The van der Waals surface area contributed by atoms with Crippen LogP contribution < -0.4 is 10.5 Å². The molecule has 0 aliphatic heterocycles. The predicted molar refractivity (Wildman–Crippen MR) is 75.5 cm³/mol. The fourth-order valence-corrected chi connectivity index (χ4v) is 1.90. The Labute approximate surface area is 122 Å². The Morgan fingerprint density at radius 2 is 2.24 bits per heavy atom. The van der Waals surface area contributed by atoms with Crippen molar-refractivity contribution in [3.63, 3.8) is 0 Å². The molecule has 0 spiro atoms. The van der Waals surface area contributed by atoms with E-state index in [0.29, 0.717) is 18.8 Å². The van der Waals surface area contributed by atoms with Gasteiger partial charge < -0.3 is 19.8 Å². The van der Waals surface area contributed by atoms with E-state index in [-0.39, 0.29) is 18.1 Å². The molecule has 2 rings (SSSR count). The Hall–Kier alpha value is -2.34. The average molecular weight is 292 g/mol. The van der Waals surface area contributed by atoms with Crippen molar-refractivity contribution in [2.45, 2.75) is 6.54 Å². The molecule has 1 heterocycles. The number of carbonyl (C=O) groups excluding carboxylic acids is 1. The van der Waals surface area contributed by atoms with E-state index >= 15 is 0 Å². The Morgan fingerprint density at radius 1 is 1.43 bits per heavy atom. The van der Waals surface area contributed by atoms with E-state index in [9.17, 15) is 9.18 Å². The lowest BCUT2D eigenvalue weighted by Gasteiger charge is -2.18. The molecule has 1 aromatic heterocycles. The molecular weight excluding hydrogens is 275 g/mol. The third-order valence-corrected chi connectivity index (χ3v) is 2.89. The number of nitrogens with zero attached hydrogens (tertiary/aromatic N) is 1. The Balaban J connectivity index is 2.18. The topological polar surface area (TPSA) is 68.7 Å². The maximum Gasteiger partial charge on any atom is 0.257 e. The molecule has 0 aliphatic rings. The van der Waals surface area contributed by atoms with Crippen LogP contribution in [0.3, 0.4) is 0 Å². The van der Waals surface area contributed by atoms with E-state index in [4.69, 9.17) is 14.9 Å². The van der Waals surface area contributed by atoms with Crippen molar-refractivity contribution in [2.24, 2.45) is 5.73 Å². The molecule has 0 fully saturated rings. The highest BCUT2D eigenvalue weighted by Crippen LogP contribution is 2.22. The van der Waals surface area contributed by atoms with Gasteiger partial charge in [0, 0.05) is 25.7 Å². The van der Waals surface area contributed by atoms with Crippen molar-refractivity contribution < 1.29 is 18.3 Å². The summed E-state index contributed by atoms with van der Waals surface area (Å²) in [7, 11) is 1.63. The second-order valence-electron chi connectivity index (χ2n) is 4.57. The summed E-state index contributed by atoms with van der Waals surface area (Å²) in [5, 5.41) is 0. The highest BCUT2D eigenvalue weighted by Gasteiger charge is 2.18. The lowest BCUT2D eigenvalue weighted by molar-refractivity contribution is 0.0780. The summed E-state index contributed by atoms with van der Waals surface area (Å²) in [5.41, 5.74) is 6.41. The minimum atomic E-state index is -0.491. The summed E-state index contributed by atoms with van der Waals surface area (Å²) in [6, 6.07) is 5.61. The summed E-state index contributed by atoms with van der Waals surface area (Å²) >= 11 is 0. The van der Waals surface area contributed by atoms with Crippen molar-refractivity contribution in [3.8, 4) is 5.75 Å². The molecule has 21 heavy (non-hydrogen) atoms. The van der Waals surface area contributed by atoms with Crippen LogP contribution in [0.25, 0.3) is 0 Å². The first kappa shape index (κ1) is 15.1. The van der Waals surface area contributed by atoms with Crippen LogP contribution in [0.4, 0.5) is 4.39 Å². The first-order valence-corrected chi connectivity index (χ1v) is 6.50. The quantitative estimate of drug-likeness (QED) is 0.884. The van der Waals surface area contributed by atoms with Crippen molar-refractivity contribution in [1.29, 1.82) is 0 Å². The number of hydrogen-bond donors (Lipinski definition) is 1. The molecule has 0 bridgehead atoms. The van der Waals surface area contributed by atoms with Crippen LogP contribution in [-0.4, -0.2) is 31.0 Å². The zero-order chi connectivity index (χ0) is 15.2. The minimum Gasteiger partial charge on any atom is -0.491 e. The van der Waals surface area contributed by atoms with Crippen LogP contribution in [0.1, 0.15) is 15.9 Å². The van der Waals surface area contributed by atoms with Gasteiger partial charge in [-0.05, 0) is 24.3 Å². The Bertz CT molecular complexity index is 599. The van der Waals surface area contributed by atoms with Crippen molar-refractivity contribution in [2.75, 3.05) is 20.2 Å². The van der Waals surface area contributed by atoms with Crippen LogP contribution in [0.15, 0.2) is 41.2 Å². The average Bonchev–Trinajstić information content (AvgIpc) is 2.98. The number of benzene rings is 1. The van der Waals surface area contributed by atoms with Crippen LogP contribution in [0.5, 0.6) is 5.75 Å². The van der Waals surface area contributed by atoms with Crippen LogP contribution in [-0.2, 0) is 6.54 Å². The fourth-order valence-electron chi connectivity index (χ4n) is 1.90. The summed E-state index contributed by atoms with van der Waals surface area (Å²) in [4.78, 5) is 13.9. The SMILES string of the molecule is CN(Cc1ccoc1)C(=O)c1cc(F)ccc1OCCN. The van der Waals surface area contributed by atoms with E-state index in [2.05, 4.69) is 0 Å². The summed E-state index contributed by atoms with van der Waals surface area (Å²) in [6.07, 6.45) is 3.09. The minimum absolute atomic E-state index is 0.175. The van der Waals surface area contributed by atoms with Gasteiger partial charge in [-0.2, -0.15) is 0 Å². The van der Waals surface area contributed by atoms with Crippen molar-refractivity contribution in [1.82, 2.24) is 4.90 Å². The third-order valence-electron chi connectivity index (χ3n) is 2.89. The lowest BCUT2D eigenvalue weighted by atomic mass is 10.1. The summed E-state index contributed by atoms with van der Waals surface area (Å²) in [6.45, 7) is 0.940. The Kier molecular flexibility index (Phi) is 4.94. The van der Waals surface area contributed by atoms with Crippen LogP contribution in [0, 0.1) is 5.82 Å². The largest absolute Gasteiger partial charge is 0.491 e. The fraction of sp³-hybridized carbons (Fsp3) is 0.267. The number of halogens is 1. The monoisotopic (exact) mass is 292 g/mol. The molecule has 0 saturated heterocycles. The number of rotatable bonds is 6. The molecule has 0 saturated carbocycles. The van der Waals surface area contributed by atoms with E-state index in [1.54, 1.807) is 19.4 Å². The van der Waals surface area contributed by atoms with Gasteiger partial charge in [-0.1, -0.05) is 0 Å². The van der Waals surface area contributed by atoms with Gasteiger partial charge in [0.25, 0.3) is 5.91 Å². The van der Waals surface area contributed by atoms with Gasteiger partial charge >= 0.3 is 0 Å². The second-order valence-corrected chi connectivity index (χ2v) is 4.57. The number of amides is 1. The van der Waals surface area contributed by atoms with E-state index in [0.717, 1.165) is 5.56 Å².